The molecule has 3 N–H and O–H groups in total. The van der Waals surface area contributed by atoms with Crippen LogP contribution in [-0.4, -0.2) is 26.1 Å². The van der Waals surface area contributed by atoms with E-state index in [2.05, 4.69) is 5.32 Å². The van der Waals surface area contributed by atoms with Gasteiger partial charge in [-0.15, -0.1) is 0 Å². The molecule has 0 bridgehead atoms. The van der Waals surface area contributed by atoms with E-state index in [4.69, 9.17) is 10.5 Å². The van der Waals surface area contributed by atoms with Crippen molar-refractivity contribution in [2.24, 2.45) is 11.1 Å². The van der Waals surface area contributed by atoms with E-state index < -0.39 is 0 Å². The molecule has 1 fully saturated rings. The number of methoxy groups -OCH3 is 1. The third-order valence-corrected chi connectivity index (χ3v) is 4.30. The molecule has 0 atom stereocenters. The van der Waals surface area contributed by atoms with E-state index in [0.29, 0.717) is 19.5 Å². The Morgan fingerprint density at radius 1 is 1.35 bits per heavy atom. The summed E-state index contributed by atoms with van der Waals surface area (Å²) >= 11 is 0. The maximum atomic E-state index is 12.1. The van der Waals surface area contributed by atoms with Crippen molar-refractivity contribution in [1.82, 2.24) is 5.32 Å². The predicted molar refractivity (Wildman–Crippen MR) is 79.7 cm³/mol. The van der Waals surface area contributed by atoms with Crippen LogP contribution in [0.5, 0.6) is 5.75 Å². The molecule has 0 aliphatic heterocycles. The first kappa shape index (κ1) is 14.9. The van der Waals surface area contributed by atoms with Crippen molar-refractivity contribution in [3.63, 3.8) is 0 Å². The van der Waals surface area contributed by atoms with Gasteiger partial charge in [0.15, 0.2) is 0 Å². The molecule has 0 radical (unpaired) electrons. The van der Waals surface area contributed by atoms with E-state index in [1.807, 2.05) is 24.3 Å². The molecule has 1 aliphatic carbocycles. The molecule has 4 nitrogen and oxygen atoms in total. The SMILES string of the molecule is COc1ccccc1CC(=O)NCC1(CN)CCCC1. The predicted octanol–water partition coefficient (Wildman–Crippen LogP) is 1.87. The molecule has 0 saturated heterocycles. The molecule has 20 heavy (non-hydrogen) atoms. The van der Waals surface area contributed by atoms with E-state index in [-0.39, 0.29) is 11.3 Å². The Morgan fingerprint density at radius 3 is 2.70 bits per heavy atom. The quantitative estimate of drug-likeness (QED) is 0.833. The summed E-state index contributed by atoms with van der Waals surface area (Å²) in [6, 6.07) is 7.62. The normalized spacial score (nSPS) is 16.9. The molecule has 4 heteroatoms. The Bertz CT molecular complexity index is 454. The zero-order valence-corrected chi connectivity index (χ0v) is 12.2. The first-order chi connectivity index (χ1) is 9.69. The van der Waals surface area contributed by atoms with Gasteiger partial charge in [0.2, 0.25) is 5.91 Å². The first-order valence-electron chi connectivity index (χ1n) is 7.28. The fraction of sp³-hybridized carbons (Fsp3) is 0.562. The second kappa shape index (κ2) is 6.75. The zero-order chi connectivity index (χ0) is 14.4. The second-order valence-electron chi connectivity index (χ2n) is 5.68. The molecule has 1 aliphatic rings. The molecular formula is C16H24N2O2. The summed E-state index contributed by atoms with van der Waals surface area (Å²) < 4.78 is 5.27. The molecule has 0 aromatic heterocycles. The van der Waals surface area contributed by atoms with Crippen LogP contribution in [0.25, 0.3) is 0 Å². The molecule has 1 saturated carbocycles. The summed E-state index contributed by atoms with van der Waals surface area (Å²) in [5.74, 6) is 0.797. The van der Waals surface area contributed by atoms with Crippen LogP contribution in [-0.2, 0) is 11.2 Å². The van der Waals surface area contributed by atoms with Crippen LogP contribution in [0.1, 0.15) is 31.2 Å². The average Bonchev–Trinajstić information content (AvgIpc) is 2.95. The zero-order valence-electron chi connectivity index (χ0n) is 12.2. The highest BCUT2D eigenvalue weighted by atomic mass is 16.5. The number of carbonyl (C=O) groups is 1. The highest BCUT2D eigenvalue weighted by Gasteiger charge is 2.32. The van der Waals surface area contributed by atoms with Crippen LogP contribution in [0, 0.1) is 5.41 Å². The van der Waals surface area contributed by atoms with Gasteiger partial charge in [0, 0.05) is 12.1 Å². The van der Waals surface area contributed by atoms with Crippen LogP contribution in [0.2, 0.25) is 0 Å². The van der Waals surface area contributed by atoms with Crippen LogP contribution >= 0.6 is 0 Å². The summed E-state index contributed by atoms with van der Waals surface area (Å²) in [5.41, 5.74) is 6.92. The Morgan fingerprint density at radius 2 is 2.05 bits per heavy atom. The van der Waals surface area contributed by atoms with Gasteiger partial charge in [-0.05, 0) is 30.9 Å². The van der Waals surface area contributed by atoms with Crippen LogP contribution in [0.15, 0.2) is 24.3 Å². The number of rotatable bonds is 6. The van der Waals surface area contributed by atoms with Crippen molar-refractivity contribution in [2.45, 2.75) is 32.1 Å². The van der Waals surface area contributed by atoms with E-state index in [0.717, 1.165) is 24.2 Å². The maximum absolute atomic E-state index is 12.1. The largest absolute Gasteiger partial charge is 0.496 e. The van der Waals surface area contributed by atoms with Crippen LogP contribution in [0.3, 0.4) is 0 Å². The number of carbonyl (C=O) groups excluding carboxylic acids is 1. The summed E-state index contributed by atoms with van der Waals surface area (Å²) in [6.07, 6.45) is 5.04. The lowest BCUT2D eigenvalue weighted by atomic mass is 9.86. The Balaban J connectivity index is 1.89. The number of hydrogen-bond donors (Lipinski definition) is 2. The number of hydrogen-bond acceptors (Lipinski definition) is 3. The summed E-state index contributed by atoms with van der Waals surface area (Å²) in [6.45, 7) is 1.35. The molecule has 0 unspecified atom stereocenters. The molecule has 1 amide bonds. The smallest absolute Gasteiger partial charge is 0.224 e. The molecule has 0 heterocycles. The van der Waals surface area contributed by atoms with E-state index in [9.17, 15) is 4.79 Å². The van der Waals surface area contributed by atoms with Gasteiger partial charge in [-0.25, -0.2) is 0 Å². The fourth-order valence-corrected chi connectivity index (χ4v) is 2.95. The lowest BCUT2D eigenvalue weighted by Gasteiger charge is -2.27. The standard InChI is InChI=1S/C16H24N2O2/c1-20-14-7-3-2-6-13(14)10-15(19)18-12-16(11-17)8-4-5-9-16/h2-3,6-7H,4-5,8-12,17H2,1H3,(H,18,19). The average molecular weight is 276 g/mol. The third-order valence-electron chi connectivity index (χ3n) is 4.30. The molecule has 110 valence electrons. The topological polar surface area (TPSA) is 64.3 Å². The van der Waals surface area contributed by atoms with E-state index in [1.54, 1.807) is 7.11 Å². The summed E-state index contributed by atoms with van der Waals surface area (Å²) in [7, 11) is 1.62. The number of ether oxygens (including phenoxy) is 1. The van der Waals surface area contributed by atoms with Gasteiger partial charge in [-0.2, -0.15) is 0 Å². The summed E-state index contributed by atoms with van der Waals surface area (Å²) in [5, 5.41) is 3.04. The third kappa shape index (κ3) is 3.51. The van der Waals surface area contributed by atoms with E-state index in [1.165, 1.54) is 12.8 Å². The minimum absolute atomic E-state index is 0.0363. The van der Waals surface area contributed by atoms with Crippen molar-refractivity contribution in [1.29, 1.82) is 0 Å². The number of nitrogens with two attached hydrogens (primary N) is 1. The van der Waals surface area contributed by atoms with Gasteiger partial charge in [-0.1, -0.05) is 31.0 Å². The molecule has 1 aromatic rings. The van der Waals surface area contributed by atoms with Gasteiger partial charge >= 0.3 is 0 Å². The van der Waals surface area contributed by atoms with E-state index >= 15 is 0 Å². The number of amides is 1. The maximum Gasteiger partial charge on any atom is 0.224 e. The van der Waals surface area contributed by atoms with Crippen molar-refractivity contribution in [3.8, 4) is 5.75 Å². The molecule has 1 aromatic carbocycles. The molecule has 2 rings (SSSR count). The highest BCUT2D eigenvalue weighted by molar-refractivity contribution is 5.79. The first-order valence-corrected chi connectivity index (χ1v) is 7.28. The Kier molecular flexibility index (Phi) is 5.01. The van der Waals surface area contributed by atoms with Gasteiger partial charge in [0.1, 0.15) is 5.75 Å². The highest BCUT2D eigenvalue weighted by Crippen LogP contribution is 2.36. The number of benzene rings is 1. The second-order valence-corrected chi connectivity index (χ2v) is 5.68. The lowest BCUT2D eigenvalue weighted by molar-refractivity contribution is -0.120. The fourth-order valence-electron chi connectivity index (χ4n) is 2.95. The minimum atomic E-state index is 0.0363. The monoisotopic (exact) mass is 276 g/mol. The van der Waals surface area contributed by atoms with Crippen molar-refractivity contribution >= 4 is 5.91 Å². The molecule has 0 spiro atoms. The van der Waals surface area contributed by atoms with Crippen molar-refractivity contribution in [2.75, 3.05) is 20.2 Å². The Hall–Kier alpha value is -1.55. The Labute approximate surface area is 120 Å². The van der Waals surface area contributed by atoms with Crippen molar-refractivity contribution in [3.05, 3.63) is 29.8 Å². The van der Waals surface area contributed by atoms with Gasteiger partial charge < -0.3 is 15.8 Å². The van der Waals surface area contributed by atoms with Crippen LogP contribution < -0.4 is 15.8 Å². The van der Waals surface area contributed by atoms with Crippen LogP contribution in [0.4, 0.5) is 0 Å². The van der Waals surface area contributed by atoms with Gasteiger partial charge in [0.05, 0.1) is 13.5 Å². The van der Waals surface area contributed by atoms with Crippen molar-refractivity contribution < 1.29 is 9.53 Å². The molecular weight excluding hydrogens is 252 g/mol. The minimum Gasteiger partial charge on any atom is -0.496 e. The number of para-hydroxylation sites is 1. The lowest BCUT2D eigenvalue weighted by Crippen LogP contribution is -2.41. The summed E-state index contributed by atoms with van der Waals surface area (Å²) in [4.78, 5) is 12.1. The number of nitrogens with one attached hydrogen (secondary N) is 1. The van der Waals surface area contributed by atoms with Gasteiger partial charge in [0.25, 0.3) is 0 Å². The van der Waals surface area contributed by atoms with Gasteiger partial charge in [-0.3, -0.25) is 4.79 Å².